The summed E-state index contributed by atoms with van der Waals surface area (Å²) in [4.78, 5) is 0. The van der Waals surface area contributed by atoms with Crippen LogP contribution in [0.2, 0.25) is 0 Å². The topological polar surface area (TPSA) is 0 Å². The molecule has 12 rings (SSSR count). The Balaban J connectivity index is 0.955. The monoisotopic (exact) mass is 660 g/mol. The van der Waals surface area contributed by atoms with Gasteiger partial charge in [-0.25, -0.2) is 0 Å². The van der Waals surface area contributed by atoms with Crippen molar-refractivity contribution in [3.63, 3.8) is 0 Å². The second-order valence-corrected chi connectivity index (χ2v) is 15.2. The molecule has 0 fully saturated rings. The van der Waals surface area contributed by atoms with Gasteiger partial charge in [-0.05, 0) is 147 Å². The van der Waals surface area contributed by atoms with E-state index in [1.165, 1.54) is 118 Å². The smallest absolute Gasteiger partial charge is 0.0361 e. The Labute approximate surface area is 298 Å². The average molecular weight is 661 g/mol. The normalized spacial score (nSPS) is 12.3. The zero-order chi connectivity index (χ0) is 33.2. The number of benzene rings is 11. The van der Waals surface area contributed by atoms with Crippen LogP contribution in [0.15, 0.2) is 170 Å². The van der Waals surface area contributed by atoms with Crippen molar-refractivity contribution in [3.05, 3.63) is 170 Å². The van der Waals surface area contributed by atoms with E-state index in [0.29, 0.717) is 0 Å². The van der Waals surface area contributed by atoms with Gasteiger partial charge in [0.2, 0.25) is 0 Å². The van der Waals surface area contributed by atoms with E-state index >= 15 is 0 Å². The van der Waals surface area contributed by atoms with E-state index in [2.05, 4.69) is 170 Å². The molecule has 0 bridgehead atoms. The molecule has 51 heavy (non-hydrogen) atoms. The lowest BCUT2D eigenvalue weighted by atomic mass is 9.89. The molecule has 0 amide bonds. The van der Waals surface area contributed by atoms with Gasteiger partial charge in [0, 0.05) is 20.2 Å². The summed E-state index contributed by atoms with van der Waals surface area (Å²) in [5.41, 5.74) is 7.58. The van der Waals surface area contributed by atoms with Crippen molar-refractivity contribution in [3.8, 4) is 33.4 Å². The first-order valence-electron chi connectivity index (χ1n) is 17.6. The molecule has 234 valence electrons. The van der Waals surface area contributed by atoms with Crippen LogP contribution in [-0.4, -0.2) is 0 Å². The van der Waals surface area contributed by atoms with Crippen LogP contribution in [0.4, 0.5) is 0 Å². The first kappa shape index (κ1) is 27.5. The third-order valence-electron chi connectivity index (χ3n) is 11.2. The number of rotatable bonds is 3. The van der Waals surface area contributed by atoms with Crippen molar-refractivity contribution >= 4 is 96.1 Å². The Morgan fingerprint density at radius 3 is 1.04 bits per heavy atom. The standard InChI is InChI=1S/C50H28S/c1-2-5-29(6-3-1)40-21-36-13-15-38-25-42(26-39-16-14-37(22-40)49(36)50(38)39)33-18-20-44-43-19-17-32(27-45(43)51-46(44)28-33)41-23-34-11-9-30-7-4-8-31-10-12-35(24-41)48(34)47(30)31/h1-28H. The van der Waals surface area contributed by atoms with Gasteiger partial charge in [-0.3, -0.25) is 0 Å². The molecule has 0 aliphatic carbocycles. The van der Waals surface area contributed by atoms with Crippen LogP contribution in [0.25, 0.3) is 118 Å². The summed E-state index contributed by atoms with van der Waals surface area (Å²) in [5.74, 6) is 0. The molecule has 1 heteroatoms. The SMILES string of the molecule is c1ccc(-c2cc3ccc4cc(-c5ccc6c(c5)sc5cc(-c7cc8ccc9cccc%10ccc(c7)c8c9%10)ccc56)cc5ccc(c2)c3c45)cc1. The van der Waals surface area contributed by atoms with Crippen molar-refractivity contribution in [2.45, 2.75) is 0 Å². The Hall–Kier alpha value is -6.28. The molecule has 1 heterocycles. The van der Waals surface area contributed by atoms with Gasteiger partial charge in [0.15, 0.2) is 0 Å². The molecule has 0 aliphatic heterocycles. The lowest BCUT2D eigenvalue weighted by molar-refractivity contribution is 1.66. The van der Waals surface area contributed by atoms with Crippen LogP contribution in [-0.2, 0) is 0 Å². The van der Waals surface area contributed by atoms with Gasteiger partial charge in [0.05, 0.1) is 0 Å². The van der Waals surface area contributed by atoms with E-state index in [0.717, 1.165) is 0 Å². The highest BCUT2D eigenvalue weighted by atomic mass is 32.1. The van der Waals surface area contributed by atoms with Gasteiger partial charge in [0.25, 0.3) is 0 Å². The average Bonchev–Trinajstić information content (AvgIpc) is 3.56. The molecule has 0 saturated carbocycles. The molecule has 0 saturated heterocycles. The van der Waals surface area contributed by atoms with Crippen molar-refractivity contribution in [2.75, 3.05) is 0 Å². The fourth-order valence-electron chi connectivity index (χ4n) is 8.86. The Morgan fingerprint density at radius 2 is 0.608 bits per heavy atom. The van der Waals surface area contributed by atoms with Crippen LogP contribution in [0, 0.1) is 0 Å². The summed E-state index contributed by atoms with van der Waals surface area (Å²) in [6, 6.07) is 63.8. The highest BCUT2D eigenvalue weighted by molar-refractivity contribution is 7.25. The zero-order valence-corrected chi connectivity index (χ0v) is 28.4. The predicted molar refractivity (Wildman–Crippen MR) is 223 cm³/mol. The van der Waals surface area contributed by atoms with Gasteiger partial charge >= 0.3 is 0 Å². The Bertz CT molecular complexity index is 3220. The number of fused-ring (bicyclic) bond motifs is 3. The molecule has 1 aromatic heterocycles. The maximum Gasteiger partial charge on any atom is 0.0361 e. The van der Waals surface area contributed by atoms with E-state index in [4.69, 9.17) is 0 Å². The Kier molecular flexibility index (Phi) is 5.47. The van der Waals surface area contributed by atoms with E-state index in [-0.39, 0.29) is 0 Å². The Morgan fingerprint density at radius 1 is 0.235 bits per heavy atom. The minimum absolute atomic E-state index is 1.26. The van der Waals surface area contributed by atoms with Gasteiger partial charge in [-0.2, -0.15) is 0 Å². The van der Waals surface area contributed by atoms with E-state index < -0.39 is 0 Å². The van der Waals surface area contributed by atoms with E-state index in [1.807, 2.05) is 11.3 Å². The van der Waals surface area contributed by atoms with E-state index in [9.17, 15) is 0 Å². The third-order valence-corrected chi connectivity index (χ3v) is 12.4. The van der Waals surface area contributed by atoms with Crippen molar-refractivity contribution in [1.29, 1.82) is 0 Å². The zero-order valence-electron chi connectivity index (χ0n) is 27.6. The highest BCUT2D eigenvalue weighted by Gasteiger charge is 2.15. The van der Waals surface area contributed by atoms with Crippen LogP contribution in [0.5, 0.6) is 0 Å². The summed E-state index contributed by atoms with van der Waals surface area (Å²) in [6.45, 7) is 0. The second-order valence-electron chi connectivity index (χ2n) is 14.1. The van der Waals surface area contributed by atoms with Crippen LogP contribution in [0.1, 0.15) is 0 Å². The molecular weight excluding hydrogens is 633 g/mol. The first-order chi connectivity index (χ1) is 25.2. The fraction of sp³-hybridized carbons (Fsp3) is 0. The summed E-state index contributed by atoms with van der Waals surface area (Å²) < 4.78 is 2.66. The molecule has 0 radical (unpaired) electrons. The number of thiophene rings is 1. The molecular formula is C50H28S. The number of hydrogen-bond donors (Lipinski definition) is 0. The molecule has 12 aromatic rings. The highest BCUT2D eigenvalue weighted by Crippen LogP contribution is 2.43. The first-order valence-corrected chi connectivity index (χ1v) is 18.5. The lowest BCUT2D eigenvalue weighted by Crippen LogP contribution is -1.87. The molecule has 0 atom stereocenters. The minimum Gasteiger partial charge on any atom is -0.135 e. The van der Waals surface area contributed by atoms with Crippen molar-refractivity contribution in [2.24, 2.45) is 0 Å². The summed E-state index contributed by atoms with van der Waals surface area (Å²) in [7, 11) is 0. The van der Waals surface area contributed by atoms with Crippen molar-refractivity contribution < 1.29 is 0 Å². The number of hydrogen-bond acceptors (Lipinski definition) is 1. The molecule has 0 N–H and O–H groups in total. The van der Waals surface area contributed by atoms with Crippen molar-refractivity contribution in [1.82, 2.24) is 0 Å². The lowest BCUT2D eigenvalue weighted by Gasteiger charge is -2.14. The van der Waals surface area contributed by atoms with Crippen LogP contribution >= 0.6 is 11.3 Å². The third kappa shape index (κ3) is 4.01. The molecule has 0 aliphatic rings. The predicted octanol–water partition coefficient (Wildman–Crippen LogP) is 14.9. The fourth-order valence-corrected chi connectivity index (χ4v) is 10.0. The maximum atomic E-state index is 2.40. The quantitative estimate of drug-likeness (QED) is 0.165. The summed E-state index contributed by atoms with van der Waals surface area (Å²) in [6.07, 6.45) is 0. The molecule has 0 spiro atoms. The van der Waals surface area contributed by atoms with E-state index in [1.54, 1.807) is 0 Å². The minimum atomic E-state index is 1.26. The van der Waals surface area contributed by atoms with Crippen LogP contribution < -0.4 is 0 Å². The maximum absolute atomic E-state index is 2.40. The molecule has 0 unspecified atom stereocenters. The second kappa shape index (κ2) is 10.1. The molecule has 11 aromatic carbocycles. The van der Waals surface area contributed by atoms with Crippen LogP contribution in [0.3, 0.4) is 0 Å². The van der Waals surface area contributed by atoms with Gasteiger partial charge in [-0.1, -0.05) is 121 Å². The summed E-state index contributed by atoms with van der Waals surface area (Å²) in [5, 5.41) is 18.5. The van der Waals surface area contributed by atoms with Gasteiger partial charge in [0.1, 0.15) is 0 Å². The van der Waals surface area contributed by atoms with Gasteiger partial charge in [-0.15, -0.1) is 11.3 Å². The largest absolute Gasteiger partial charge is 0.135 e. The molecule has 0 nitrogen and oxygen atoms in total. The summed E-state index contributed by atoms with van der Waals surface area (Å²) >= 11 is 1.90. The van der Waals surface area contributed by atoms with Gasteiger partial charge < -0.3 is 0 Å².